The van der Waals surface area contributed by atoms with Gasteiger partial charge in [-0.2, -0.15) is 0 Å². The third-order valence-electron chi connectivity index (χ3n) is 13.2. The Labute approximate surface area is 407 Å². The molecule has 0 atom stereocenters. The molecule has 10 heteroatoms. The molecule has 0 fully saturated rings. The van der Waals surface area contributed by atoms with Gasteiger partial charge in [-0.15, -0.1) is 0 Å². The molecule has 0 aromatic heterocycles. The maximum absolute atomic E-state index is 13.4. The van der Waals surface area contributed by atoms with E-state index in [-0.39, 0.29) is 74.1 Å². The Balaban J connectivity index is 4.54. The lowest BCUT2D eigenvalue weighted by Gasteiger charge is -2.29. The minimum absolute atomic E-state index is 0.0237. The van der Waals surface area contributed by atoms with Gasteiger partial charge in [-0.25, -0.2) is 0 Å². The smallest absolute Gasteiger partial charge is 0.305 e. The summed E-state index contributed by atoms with van der Waals surface area (Å²) in [4.78, 5) is 52.7. The largest absolute Gasteiger partial charge is 0.464 e. The summed E-state index contributed by atoms with van der Waals surface area (Å²) in [6.07, 6.45) is 41.3. The third-order valence-corrected chi connectivity index (χ3v) is 13.2. The van der Waals surface area contributed by atoms with E-state index in [1.165, 1.54) is 154 Å². The average Bonchev–Trinajstić information content (AvgIpc) is 3.28. The quantitative estimate of drug-likeness (QED) is 0.0473. The third kappa shape index (κ3) is 44.3. The van der Waals surface area contributed by atoms with Gasteiger partial charge in [0, 0.05) is 39.3 Å². The highest BCUT2D eigenvalue weighted by atomic mass is 16.5. The molecule has 0 aromatic rings. The number of nitrogens with one attached hydrogen (secondary N) is 1. The van der Waals surface area contributed by atoms with Crippen LogP contribution in [0.5, 0.6) is 0 Å². The lowest BCUT2D eigenvalue weighted by molar-refractivity contribution is -0.147. The van der Waals surface area contributed by atoms with Crippen molar-refractivity contribution in [3.8, 4) is 0 Å². The monoisotopic (exact) mass is 937 g/mol. The van der Waals surface area contributed by atoms with Crippen molar-refractivity contribution in [1.82, 2.24) is 10.2 Å². The van der Waals surface area contributed by atoms with Crippen LogP contribution < -0.4 is 5.32 Å². The number of hydrogen-bond donors (Lipinski definition) is 1. The van der Waals surface area contributed by atoms with Crippen molar-refractivity contribution in [2.24, 2.45) is 0 Å². The maximum Gasteiger partial charge on any atom is 0.305 e. The summed E-state index contributed by atoms with van der Waals surface area (Å²) in [5, 5.41) is 2.94. The first-order chi connectivity index (χ1) is 31.9. The molecule has 0 saturated carbocycles. The van der Waals surface area contributed by atoms with E-state index in [1.807, 2.05) is 13.8 Å². The summed E-state index contributed by atoms with van der Waals surface area (Å²) in [7, 11) is 1.71. The molecule has 0 saturated heterocycles. The van der Waals surface area contributed by atoms with E-state index in [1.54, 1.807) is 12.0 Å². The van der Waals surface area contributed by atoms with E-state index in [0.717, 1.165) is 57.8 Å². The molecule has 390 valence electrons. The van der Waals surface area contributed by atoms with Crippen molar-refractivity contribution >= 4 is 23.8 Å². The number of rotatable bonds is 50. The number of unbranched alkanes of at least 4 members (excludes halogenated alkanes) is 28. The highest BCUT2D eigenvalue weighted by molar-refractivity contribution is 5.83. The molecule has 0 bridgehead atoms. The second kappa shape index (κ2) is 45.3. The van der Waals surface area contributed by atoms with Crippen LogP contribution in [-0.4, -0.2) is 86.4 Å². The second-order valence-electron chi connectivity index (χ2n) is 20.5. The molecule has 0 heterocycles. The summed E-state index contributed by atoms with van der Waals surface area (Å²) in [6, 6.07) is 0. The van der Waals surface area contributed by atoms with Gasteiger partial charge in [0.25, 0.3) is 0 Å². The first-order valence-electron chi connectivity index (χ1n) is 27.9. The molecule has 1 N–H and O–H groups in total. The van der Waals surface area contributed by atoms with E-state index in [9.17, 15) is 19.2 Å². The molecule has 0 rings (SSSR count). The van der Waals surface area contributed by atoms with Crippen molar-refractivity contribution in [3.63, 3.8) is 0 Å². The number of esters is 2. The molecular weight excluding hydrogens is 829 g/mol. The molecule has 0 unspecified atom stereocenters. The number of nitrogens with zero attached hydrogens (tertiary/aromatic N) is 1. The van der Waals surface area contributed by atoms with Gasteiger partial charge >= 0.3 is 11.9 Å². The van der Waals surface area contributed by atoms with Gasteiger partial charge in [0.1, 0.15) is 13.2 Å². The lowest BCUT2D eigenvalue weighted by atomic mass is 10.0. The summed E-state index contributed by atoms with van der Waals surface area (Å²) in [5.74, 6) is -0.915. The predicted octanol–water partition coefficient (Wildman–Crippen LogP) is 14.7. The Bertz CT molecular complexity index is 1090. The molecule has 66 heavy (non-hydrogen) atoms. The first kappa shape index (κ1) is 63.8. The summed E-state index contributed by atoms with van der Waals surface area (Å²) in [5.41, 5.74) is -0.557. The summed E-state index contributed by atoms with van der Waals surface area (Å²) < 4.78 is 22.6. The number of carbonyl (C=O) groups excluding carboxylic acids is 4. The molecule has 0 aromatic carbocycles. The molecule has 2 amide bonds. The Kier molecular flexibility index (Phi) is 43.7. The molecule has 0 spiro atoms. The highest BCUT2D eigenvalue weighted by Crippen LogP contribution is 2.21. The number of methoxy groups -OCH3 is 1. The van der Waals surface area contributed by atoms with Gasteiger partial charge < -0.3 is 29.2 Å². The maximum atomic E-state index is 13.4. The van der Waals surface area contributed by atoms with Crippen LogP contribution >= 0.6 is 0 Å². The minimum Gasteiger partial charge on any atom is -0.464 e. The fourth-order valence-corrected chi connectivity index (χ4v) is 8.28. The van der Waals surface area contributed by atoms with Gasteiger partial charge in [0.15, 0.2) is 0 Å². The number of hydrogen-bond acceptors (Lipinski definition) is 8. The Morgan fingerprint density at radius 2 is 0.788 bits per heavy atom. The first-order valence-corrected chi connectivity index (χ1v) is 27.9. The lowest BCUT2D eigenvalue weighted by Crippen LogP contribution is -2.38. The van der Waals surface area contributed by atoms with Crippen molar-refractivity contribution in [2.75, 3.05) is 46.6 Å². The molecule has 0 aliphatic rings. The highest BCUT2D eigenvalue weighted by Gasteiger charge is 2.22. The van der Waals surface area contributed by atoms with Crippen LogP contribution in [0.15, 0.2) is 0 Å². The van der Waals surface area contributed by atoms with E-state index >= 15 is 0 Å². The number of carbonyl (C=O) groups is 4. The molecule has 0 aliphatic heterocycles. The Morgan fingerprint density at radius 1 is 0.424 bits per heavy atom. The van der Waals surface area contributed by atoms with Crippen LogP contribution in [0.3, 0.4) is 0 Å². The predicted molar refractivity (Wildman–Crippen MR) is 275 cm³/mol. The second-order valence-corrected chi connectivity index (χ2v) is 20.5. The van der Waals surface area contributed by atoms with Crippen molar-refractivity contribution in [3.05, 3.63) is 0 Å². The van der Waals surface area contributed by atoms with Gasteiger partial charge in [0.2, 0.25) is 11.8 Å². The van der Waals surface area contributed by atoms with E-state index in [4.69, 9.17) is 18.9 Å². The molecule has 0 aliphatic carbocycles. The molecule has 0 radical (unpaired) electrons. The normalized spacial score (nSPS) is 11.8. The van der Waals surface area contributed by atoms with Crippen LogP contribution in [0.2, 0.25) is 0 Å². The van der Waals surface area contributed by atoms with Crippen molar-refractivity contribution in [1.29, 1.82) is 0 Å². The van der Waals surface area contributed by atoms with Crippen LogP contribution in [0.25, 0.3) is 0 Å². The Hall–Kier alpha value is -2.20. The topological polar surface area (TPSA) is 120 Å². The van der Waals surface area contributed by atoms with Crippen LogP contribution in [0.1, 0.15) is 279 Å². The molecular formula is C56H108N2O8. The van der Waals surface area contributed by atoms with Crippen LogP contribution in [0, 0.1) is 0 Å². The zero-order valence-electron chi connectivity index (χ0n) is 44.6. The van der Waals surface area contributed by atoms with Gasteiger partial charge in [-0.3, -0.25) is 19.2 Å². The standard InChI is InChI=1S/C56H108N2O8/c1-8-10-12-14-16-18-20-22-24-26-28-30-32-34-36-39-53(61)64-49-46-58(52(60)42-41-51(59)57-45-38-43-56(5,6)66-48-44-55(3,4)63-7)47-50-65-54(62)40-37-35-33-31-29-27-25-23-21-19-17-15-13-11-9-2/h8-50H2,1-7H3,(H,57,59). The summed E-state index contributed by atoms with van der Waals surface area (Å²) >= 11 is 0. The zero-order valence-corrected chi connectivity index (χ0v) is 44.6. The SMILES string of the molecule is CCCCCCCCCCCCCCCCCC(=O)OCCN(CCOC(=O)CCCCCCCCCCCCCCCCC)C(=O)CCC(=O)NCCCC(C)(C)OCCC(C)(C)OC. The van der Waals surface area contributed by atoms with Gasteiger partial charge in [0.05, 0.1) is 30.9 Å². The average molecular weight is 937 g/mol. The van der Waals surface area contributed by atoms with E-state index in [2.05, 4.69) is 33.0 Å². The minimum atomic E-state index is -0.324. The van der Waals surface area contributed by atoms with Crippen LogP contribution in [0.4, 0.5) is 0 Å². The summed E-state index contributed by atoms with van der Waals surface area (Å²) in [6.45, 7) is 14.3. The zero-order chi connectivity index (χ0) is 48.8. The van der Waals surface area contributed by atoms with E-state index in [0.29, 0.717) is 26.0 Å². The fraction of sp³-hybridized carbons (Fsp3) is 0.929. The van der Waals surface area contributed by atoms with Crippen molar-refractivity contribution < 1.29 is 38.1 Å². The van der Waals surface area contributed by atoms with E-state index < -0.39 is 0 Å². The molecule has 10 nitrogen and oxygen atoms in total. The Morgan fingerprint density at radius 3 is 1.15 bits per heavy atom. The number of amides is 2. The van der Waals surface area contributed by atoms with Gasteiger partial charge in [-0.05, 0) is 59.8 Å². The van der Waals surface area contributed by atoms with Crippen LogP contribution in [-0.2, 0) is 38.1 Å². The van der Waals surface area contributed by atoms with Crippen molar-refractivity contribution in [2.45, 2.75) is 290 Å². The fourth-order valence-electron chi connectivity index (χ4n) is 8.28. The van der Waals surface area contributed by atoms with Gasteiger partial charge in [-0.1, -0.05) is 194 Å². The number of ether oxygens (including phenoxy) is 4.